The molecule has 0 aliphatic carbocycles. The number of hydrogen-bond acceptors (Lipinski definition) is 6. The molecule has 1 amide bonds. The SMILES string of the molecule is COc1ccc(OC)c([C@H](O)CNC(=O)c2ccc3c(c2)OCO3)c1. The molecule has 0 spiro atoms. The second-order valence-electron chi connectivity index (χ2n) is 5.40. The van der Waals surface area contributed by atoms with Crippen molar-refractivity contribution in [2.24, 2.45) is 0 Å². The molecular weight excluding hydrogens is 326 g/mol. The summed E-state index contributed by atoms with van der Waals surface area (Å²) in [5.41, 5.74) is 0.960. The average molecular weight is 345 g/mol. The summed E-state index contributed by atoms with van der Waals surface area (Å²) in [5, 5.41) is 13.1. The number of hydrogen-bond donors (Lipinski definition) is 2. The summed E-state index contributed by atoms with van der Waals surface area (Å²) in [6.45, 7) is 0.172. The minimum Gasteiger partial charge on any atom is -0.497 e. The van der Waals surface area contributed by atoms with Crippen molar-refractivity contribution in [2.45, 2.75) is 6.10 Å². The molecule has 7 heteroatoms. The van der Waals surface area contributed by atoms with Crippen LogP contribution in [0.5, 0.6) is 23.0 Å². The molecular formula is C18H19NO6. The summed E-state index contributed by atoms with van der Waals surface area (Å²) in [5.74, 6) is 1.93. The van der Waals surface area contributed by atoms with E-state index in [0.29, 0.717) is 34.1 Å². The van der Waals surface area contributed by atoms with Gasteiger partial charge in [0.05, 0.1) is 14.2 Å². The Hall–Kier alpha value is -2.93. The monoisotopic (exact) mass is 345 g/mol. The molecule has 0 unspecified atom stereocenters. The minimum absolute atomic E-state index is 0.0246. The molecule has 3 rings (SSSR count). The molecule has 0 bridgehead atoms. The minimum atomic E-state index is -0.942. The highest BCUT2D eigenvalue weighted by Crippen LogP contribution is 2.32. The lowest BCUT2D eigenvalue weighted by molar-refractivity contribution is 0.0914. The van der Waals surface area contributed by atoms with Gasteiger partial charge in [0, 0.05) is 17.7 Å². The van der Waals surface area contributed by atoms with Crippen molar-refractivity contribution < 1.29 is 28.8 Å². The number of nitrogens with one attached hydrogen (secondary N) is 1. The molecule has 0 radical (unpaired) electrons. The number of ether oxygens (including phenoxy) is 4. The van der Waals surface area contributed by atoms with Gasteiger partial charge in [0.15, 0.2) is 11.5 Å². The molecule has 0 fully saturated rings. The van der Waals surface area contributed by atoms with E-state index < -0.39 is 6.10 Å². The molecule has 7 nitrogen and oxygen atoms in total. The largest absolute Gasteiger partial charge is 0.497 e. The van der Waals surface area contributed by atoms with E-state index in [4.69, 9.17) is 18.9 Å². The third-order valence-corrected chi connectivity index (χ3v) is 3.89. The fraction of sp³-hybridized carbons (Fsp3) is 0.278. The number of aliphatic hydroxyl groups is 1. The Morgan fingerprint density at radius 2 is 1.96 bits per heavy atom. The van der Waals surface area contributed by atoms with Crippen LogP contribution in [0, 0.1) is 0 Å². The predicted octanol–water partition coefficient (Wildman–Crippen LogP) is 1.90. The molecule has 1 aliphatic heterocycles. The number of amides is 1. The Morgan fingerprint density at radius 1 is 1.16 bits per heavy atom. The summed E-state index contributed by atoms with van der Waals surface area (Å²) >= 11 is 0. The van der Waals surface area contributed by atoms with Gasteiger partial charge in [0.1, 0.15) is 17.6 Å². The fourth-order valence-corrected chi connectivity index (χ4v) is 2.54. The summed E-state index contributed by atoms with van der Waals surface area (Å²) in [4.78, 5) is 12.3. The van der Waals surface area contributed by atoms with Gasteiger partial charge in [-0.1, -0.05) is 0 Å². The van der Waals surface area contributed by atoms with Crippen LogP contribution < -0.4 is 24.3 Å². The first-order valence-electron chi connectivity index (χ1n) is 7.70. The first-order chi connectivity index (χ1) is 12.1. The third kappa shape index (κ3) is 3.61. The molecule has 2 aromatic carbocycles. The van der Waals surface area contributed by atoms with Gasteiger partial charge in [-0.25, -0.2) is 0 Å². The van der Waals surface area contributed by atoms with Crippen molar-refractivity contribution in [1.29, 1.82) is 0 Å². The summed E-state index contributed by atoms with van der Waals surface area (Å²) < 4.78 is 20.9. The fourth-order valence-electron chi connectivity index (χ4n) is 2.54. The molecule has 2 aromatic rings. The number of aliphatic hydroxyl groups excluding tert-OH is 1. The highest BCUT2D eigenvalue weighted by atomic mass is 16.7. The van der Waals surface area contributed by atoms with Crippen LogP contribution >= 0.6 is 0 Å². The Morgan fingerprint density at radius 3 is 2.72 bits per heavy atom. The van der Waals surface area contributed by atoms with Crippen LogP contribution in [-0.4, -0.2) is 38.6 Å². The smallest absolute Gasteiger partial charge is 0.251 e. The molecule has 132 valence electrons. The Kier molecular flexibility index (Phi) is 4.95. The van der Waals surface area contributed by atoms with E-state index in [1.165, 1.54) is 7.11 Å². The van der Waals surface area contributed by atoms with Crippen molar-refractivity contribution in [2.75, 3.05) is 27.6 Å². The van der Waals surface area contributed by atoms with Gasteiger partial charge < -0.3 is 29.4 Å². The first kappa shape index (κ1) is 16.9. The van der Waals surface area contributed by atoms with Gasteiger partial charge in [0.2, 0.25) is 6.79 Å². The summed E-state index contributed by atoms with van der Waals surface area (Å²) in [6.07, 6.45) is -0.942. The molecule has 25 heavy (non-hydrogen) atoms. The lowest BCUT2D eigenvalue weighted by Gasteiger charge is -2.16. The van der Waals surface area contributed by atoms with Crippen LogP contribution in [0.15, 0.2) is 36.4 Å². The number of benzene rings is 2. The maximum Gasteiger partial charge on any atom is 0.251 e. The van der Waals surface area contributed by atoms with Crippen LogP contribution in [0.1, 0.15) is 22.0 Å². The lowest BCUT2D eigenvalue weighted by atomic mass is 10.1. The maximum atomic E-state index is 12.3. The van der Waals surface area contributed by atoms with E-state index in [2.05, 4.69) is 5.32 Å². The van der Waals surface area contributed by atoms with Crippen molar-refractivity contribution in [3.63, 3.8) is 0 Å². The van der Waals surface area contributed by atoms with Gasteiger partial charge in [0.25, 0.3) is 5.91 Å². The highest BCUT2D eigenvalue weighted by molar-refractivity contribution is 5.94. The van der Waals surface area contributed by atoms with Gasteiger partial charge in [-0.15, -0.1) is 0 Å². The normalized spacial score (nSPS) is 13.2. The van der Waals surface area contributed by atoms with Gasteiger partial charge in [-0.05, 0) is 36.4 Å². The van der Waals surface area contributed by atoms with E-state index in [-0.39, 0.29) is 19.2 Å². The van der Waals surface area contributed by atoms with E-state index >= 15 is 0 Å². The van der Waals surface area contributed by atoms with E-state index in [1.807, 2.05) is 0 Å². The molecule has 1 heterocycles. The molecule has 0 saturated carbocycles. The van der Waals surface area contributed by atoms with E-state index in [9.17, 15) is 9.90 Å². The number of carbonyl (C=O) groups excluding carboxylic acids is 1. The zero-order valence-electron chi connectivity index (χ0n) is 13.9. The molecule has 0 aromatic heterocycles. The summed E-state index contributed by atoms with van der Waals surface area (Å²) in [7, 11) is 3.06. The van der Waals surface area contributed by atoms with Gasteiger partial charge in [-0.3, -0.25) is 4.79 Å². The summed E-state index contributed by atoms with van der Waals surface area (Å²) in [6, 6.07) is 10.0. The van der Waals surface area contributed by atoms with Crippen LogP contribution in [0.3, 0.4) is 0 Å². The second-order valence-corrected chi connectivity index (χ2v) is 5.40. The number of rotatable bonds is 6. The van der Waals surface area contributed by atoms with E-state index in [1.54, 1.807) is 43.5 Å². The Bertz CT molecular complexity index is 776. The Labute approximate surface area is 145 Å². The van der Waals surface area contributed by atoms with Gasteiger partial charge >= 0.3 is 0 Å². The zero-order valence-corrected chi connectivity index (χ0v) is 13.9. The Balaban J connectivity index is 1.67. The van der Waals surface area contributed by atoms with Crippen molar-refractivity contribution in [1.82, 2.24) is 5.32 Å². The van der Waals surface area contributed by atoms with Gasteiger partial charge in [-0.2, -0.15) is 0 Å². The average Bonchev–Trinajstić information content (AvgIpc) is 3.12. The highest BCUT2D eigenvalue weighted by Gasteiger charge is 2.18. The molecule has 0 saturated heterocycles. The number of fused-ring (bicyclic) bond motifs is 1. The van der Waals surface area contributed by atoms with Crippen LogP contribution in [0.25, 0.3) is 0 Å². The van der Waals surface area contributed by atoms with Crippen molar-refractivity contribution in [3.05, 3.63) is 47.5 Å². The predicted molar refractivity (Wildman–Crippen MR) is 89.4 cm³/mol. The van der Waals surface area contributed by atoms with Crippen LogP contribution in [-0.2, 0) is 0 Å². The topological polar surface area (TPSA) is 86.2 Å². The molecule has 1 atom stereocenters. The number of carbonyl (C=O) groups is 1. The van der Waals surface area contributed by atoms with Crippen LogP contribution in [0.4, 0.5) is 0 Å². The first-order valence-corrected chi connectivity index (χ1v) is 7.70. The van der Waals surface area contributed by atoms with E-state index in [0.717, 1.165) is 0 Å². The zero-order chi connectivity index (χ0) is 17.8. The standard InChI is InChI=1S/C18H19NO6/c1-22-12-4-6-15(23-2)13(8-12)14(20)9-19-18(21)11-3-5-16-17(7-11)25-10-24-16/h3-8,14,20H,9-10H2,1-2H3,(H,19,21)/t14-/m1/s1. The quantitative estimate of drug-likeness (QED) is 0.832. The lowest BCUT2D eigenvalue weighted by Crippen LogP contribution is -2.28. The maximum absolute atomic E-state index is 12.3. The molecule has 1 aliphatic rings. The van der Waals surface area contributed by atoms with Crippen LogP contribution in [0.2, 0.25) is 0 Å². The van der Waals surface area contributed by atoms with Crippen molar-refractivity contribution >= 4 is 5.91 Å². The third-order valence-electron chi connectivity index (χ3n) is 3.89. The molecule has 2 N–H and O–H groups in total. The second kappa shape index (κ2) is 7.31. The number of methoxy groups -OCH3 is 2. The van der Waals surface area contributed by atoms with Crippen molar-refractivity contribution in [3.8, 4) is 23.0 Å².